The highest BCUT2D eigenvalue weighted by atomic mass is 35.5. The smallest absolute Gasteiger partial charge is 0.253 e. The standard InChI is InChI=1S/C20H19ClN2O3/c1-26-16-4-2-3-13(11-16)5-10-19(24)22-15-8-9-18(21)17(12-15)20(25)23-14-6-7-14/h2-5,8-12,14H,6-7H2,1H3,(H,22,24)(H,23,25)/b10-5+. The molecule has 26 heavy (non-hydrogen) atoms. The Hall–Kier alpha value is -2.79. The molecule has 0 aromatic heterocycles. The summed E-state index contributed by atoms with van der Waals surface area (Å²) < 4.78 is 5.15. The fraction of sp³-hybridized carbons (Fsp3) is 0.200. The number of hydrogen-bond acceptors (Lipinski definition) is 3. The van der Waals surface area contributed by atoms with E-state index in [1.54, 1.807) is 31.4 Å². The van der Waals surface area contributed by atoms with Gasteiger partial charge < -0.3 is 15.4 Å². The first-order valence-corrected chi connectivity index (χ1v) is 8.66. The minimum atomic E-state index is -0.302. The molecule has 2 N–H and O–H groups in total. The van der Waals surface area contributed by atoms with Crippen molar-refractivity contribution >= 4 is 35.2 Å². The zero-order valence-corrected chi connectivity index (χ0v) is 15.0. The van der Waals surface area contributed by atoms with E-state index in [1.165, 1.54) is 6.08 Å². The van der Waals surface area contributed by atoms with Gasteiger partial charge in [-0.25, -0.2) is 0 Å². The summed E-state index contributed by atoms with van der Waals surface area (Å²) >= 11 is 6.10. The molecule has 0 atom stereocenters. The summed E-state index contributed by atoms with van der Waals surface area (Å²) in [4.78, 5) is 24.3. The molecule has 2 amide bonds. The molecule has 1 aliphatic rings. The molecule has 3 rings (SSSR count). The summed E-state index contributed by atoms with van der Waals surface area (Å²) in [5, 5.41) is 5.98. The molecule has 0 aliphatic heterocycles. The molecular weight excluding hydrogens is 352 g/mol. The van der Waals surface area contributed by atoms with E-state index in [-0.39, 0.29) is 17.9 Å². The zero-order chi connectivity index (χ0) is 18.5. The van der Waals surface area contributed by atoms with Crippen molar-refractivity contribution in [3.05, 3.63) is 64.7 Å². The summed E-state index contributed by atoms with van der Waals surface area (Å²) in [6.45, 7) is 0. The van der Waals surface area contributed by atoms with E-state index in [1.807, 2.05) is 24.3 Å². The summed E-state index contributed by atoms with van der Waals surface area (Å²) in [5.74, 6) is 0.195. The van der Waals surface area contributed by atoms with Crippen molar-refractivity contribution in [3.8, 4) is 5.75 Å². The van der Waals surface area contributed by atoms with E-state index in [0.29, 0.717) is 16.3 Å². The molecule has 134 valence electrons. The number of benzene rings is 2. The molecule has 2 aromatic rings. The number of ether oxygens (including phenoxy) is 1. The molecule has 6 heteroatoms. The third-order valence-electron chi connectivity index (χ3n) is 3.91. The van der Waals surface area contributed by atoms with Crippen LogP contribution in [-0.2, 0) is 4.79 Å². The second-order valence-corrected chi connectivity index (χ2v) is 6.45. The number of anilines is 1. The van der Waals surface area contributed by atoms with Crippen LogP contribution in [0, 0.1) is 0 Å². The highest BCUT2D eigenvalue weighted by molar-refractivity contribution is 6.34. The Balaban J connectivity index is 1.66. The molecule has 1 fully saturated rings. The summed E-state index contributed by atoms with van der Waals surface area (Å²) in [7, 11) is 1.59. The number of hydrogen-bond donors (Lipinski definition) is 2. The molecule has 0 bridgehead atoms. The first-order valence-electron chi connectivity index (χ1n) is 8.28. The maximum atomic E-state index is 12.2. The van der Waals surface area contributed by atoms with Crippen LogP contribution >= 0.6 is 11.6 Å². The third kappa shape index (κ3) is 4.86. The highest BCUT2D eigenvalue weighted by Gasteiger charge is 2.24. The second-order valence-electron chi connectivity index (χ2n) is 6.04. The number of amides is 2. The minimum Gasteiger partial charge on any atom is -0.497 e. The largest absolute Gasteiger partial charge is 0.497 e. The normalized spacial score (nSPS) is 13.5. The van der Waals surface area contributed by atoms with Crippen LogP contribution in [0.25, 0.3) is 6.08 Å². The quantitative estimate of drug-likeness (QED) is 0.758. The van der Waals surface area contributed by atoms with Gasteiger partial charge in [-0.2, -0.15) is 0 Å². The molecular formula is C20H19ClN2O3. The Morgan fingerprint density at radius 1 is 1.19 bits per heavy atom. The van der Waals surface area contributed by atoms with Gasteiger partial charge in [0.25, 0.3) is 5.91 Å². The Labute approximate surface area is 157 Å². The lowest BCUT2D eigenvalue weighted by atomic mass is 10.1. The highest BCUT2D eigenvalue weighted by Crippen LogP contribution is 2.24. The van der Waals surface area contributed by atoms with E-state index < -0.39 is 0 Å². The van der Waals surface area contributed by atoms with Gasteiger partial charge in [-0.15, -0.1) is 0 Å². The van der Waals surface area contributed by atoms with Crippen LogP contribution < -0.4 is 15.4 Å². The first kappa shape index (κ1) is 18.0. The van der Waals surface area contributed by atoms with Gasteiger partial charge >= 0.3 is 0 Å². The van der Waals surface area contributed by atoms with Crippen molar-refractivity contribution in [2.75, 3.05) is 12.4 Å². The molecule has 0 radical (unpaired) electrons. The maximum Gasteiger partial charge on any atom is 0.253 e. The predicted octanol–water partition coefficient (Wildman–Crippen LogP) is 3.89. The SMILES string of the molecule is COc1cccc(/C=C/C(=O)Nc2ccc(Cl)c(C(=O)NC3CC3)c2)c1. The minimum absolute atomic E-state index is 0.222. The van der Waals surface area contributed by atoms with E-state index in [0.717, 1.165) is 24.2 Å². The summed E-state index contributed by atoms with van der Waals surface area (Å²) in [5.41, 5.74) is 1.71. The van der Waals surface area contributed by atoms with Crippen LogP contribution in [0.3, 0.4) is 0 Å². The van der Waals surface area contributed by atoms with Crippen molar-refractivity contribution in [2.45, 2.75) is 18.9 Å². The Bertz CT molecular complexity index is 860. The Morgan fingerprint density at radius 2 is 2.00 bits per heavy atom. The maximum absolute atomic E-state index is 12.2. The van der Waals surface area contributed by atoms with Gasteiger partial charge in [0.05, 0.1) is 17.7 Å². The molecule has 1 saturated carbocycles. The van der Waals surface area contributed by atoms with Gasteiger partial charge in [0.2, 0.25) is 5.91 Å². The van der Waals surface area contributed by atoms with Crippen LogP contribution in [0.2, 0.25) is 5.02 Å². The average molecular weight is 371 g/mol. The fourth-order valence-corrected chi connectivity index (χ4v) is 2.57. The molecule has 0 unspecified atom stereocenters. The van der Waals surface area contributed by atoms with E-state index in [9.17, 15) is 9.59 Å². The molecule has 2 aromatic carbocycles. The molecule has 0 heterocycles. The van der Waals surface area contributed by atoms with Crippen molar-refractivity contribution in [2.24, 2.45) is 0 Å². The third-order valence-corrected chi connectivity index (χ3v) is 4.24. The second kappa shape index (κ2) is 8.06. The Morgan fingerprint density at radius 3 is 2.73 bits per heavy atom. The van der Waals surface area contributed by atoms with Crippen LogP contribution in [0.15, 0.2) is 48.5 Å². The zero-order valence-electron chi connectivity index (χ0n) is 14.3. The van der Waals surface area contributed by atoms with Crippen LogP contribution in [-0.4, -0.2) is 25.0 Å². The van der Waals surface area contributed by atoms with Crippen LogP contribution in [0.1, 0.15) is 28.8 Å². The number of halogens is 1. The lowest BCUT2D eigenvalue weighted by Crippen LogP contribution is -2.25. The Kier molecular flexibility index (Phi) is 5.58. The fourth-order valence-electron chi connectivity index (χ4n) is 2.37. The molecule has 0 spiro atoms. The van der Waals surface area contributed by atoms with Gasteiger partial charge in [-0.1, -0.05) is 23.7 Å². The number of rotatable bonds is 6. The van der Waals surface area contributed by atoms with Gasteiger partial charge in [0.15, 0.2) is 0 Å². The topological polar surface area (TPSA) is 67.4 Å². The van der Waals surface area contributed by atoms with Crippen molar-refractivity contribution in [1.29, 1.82) is 0 Å². The number of methoxy groups -OCH3 is 1. The first-order chi connectivity index (χ1) is 12.5. The van der Waals surface area contributed by atoms with Crippen molar-refractivity contribution in [3.63, 3.8) is 0 Å². The number of carbonyl (C=O) groups excluding carboxylic acids is 2. The van der Waals surface area contributed by atoms with Crippen molar-refractivity contribution in [1.82, 2.24) is 5.32 Å². The summed E-state index contributed by atoms with van der Waals surface area (Å²) in [6.07, 6.45) is 5.10. The van der Waals surface area contributed by atoms with Gasteiger partial charge in [-0.05, 0) is 54.8 Å². The monoisotopic (exact) mass is 370 g/mol. The van der Waals surface area contributed by atoms with E-state index >= 15 is 0 Å². The van der Waals surface area contributed by atoms with E-state index in [4.69, 9.17) is 16.3 Å². The van der Waals surface area contributed by atoms with Crippen molar-refractivity contribution < 1.29 is 14.3 Å². The van der Waals surface area contributed by atoms with Crippen LogP contribution in [0.5, 0.6) is 5.75 Å². The number of nitrogens with one attached hydrogen (secondary N) is 2. The van der Waals surface area contributed by atoms with Crippen LogP contribution in [0.4, 0.5) is 5.69 Å². The van der Waals surface area contributed by atoms with Gasteiger partial charge in [0.1, 0.15) is 5.75 Å². The molecule has 1 aliphatic carbocycles. The molecule has 5 nitrogen and oxygen atoms in total. The lowest BCUT2D eigenvalue weighted by Gasteiger charge is -2.08. The van der Waals surface area contributed by atoms with E-state index in [2.05, 4.69) is 10.6 Å². The average Bonchev–Trinajstić information content (AvgIpc) is 3.45. The predicted molar refractivity (Wildman–Crippen MR) is 103 cm³/mol. The lowest BCUT2D eigenvalue weighted by molar-refractivity contribution is -0.111. The molecule has 0 saturated heterocycles. The van der Waals surface area contributed by atoms with Gasteiger partial charge in [-0.3, -0.25) is 9.59 Å². The summed E-state index contributed by atoms with van der Waals surface area (Å²) in [6, 6.07) is 12.5. The number of carbonyl (C=O) groups is 2. The van der Waals surface area contributed by atoms with Gasteiger partial charge in [0, 0.05) is 17.8 Å².